The van der Waals surface area contributed by atoms with Gasteiger partial charge in [0.1, 0.15) is 25.1 Å². The number of hydrogen-bond acceptors (Lipinski definition) is 6. The maximum absolute atomic E-state index is 11.5. The van der Waals surface area contributed by atoms with E-state index in [1.54, 1.807) is 0 Å². The van der Waals surface area contributed by atoms with E-state index in [2.05, 4.69) is 156 Å². The fourth-order valence-electron chi connectivity index (χ4n) is 10.8. The van der Waals surface area contributed by atoms with Gasteiger partial charge in [0.15, 0.2) is 0 Å². The minimum atomic E-state index is 0.621. The molecule has 2 aliphatic rings. The predicted octanol–water partition coefficient (Wildman–Crippen LogP) is 17.2. The average Bonchev–Trinajstić information content (AvgIpc) is 4.39. The molecule has 0 amide bonds. The summed E-state index contributed by atoms with van der Waals surface area (Å²) in [5.41, 5.74) is 24.5. The fraction of sp³-hybridized carbons (Fsp3) is 0. The van der Waals surface area contributed by atoms with Gasteiger partial charge >= 0.3 is 0 Å². The molecule has 8 nitrogen and oxygen atoms in total. The number of aromatic amines is 2. The van der Waals surface area contributed by atoms with Gasteiger partial charge in [0, 0.05) is 66.6 Å². The third-order valence-electron chi connectivity index (χ3n) is 15.0. The Morgan fingerprint density at radius 2 is 0.375 bits per heavy atom. The van der Waals surface area contributed by atoms with Crippen molar-refractivity contribution in [2.75, 3.05) is 0 Å². The monoisotopic (exact) mass is 1030 g/mol. The van der Waals surface area contributed by atoms with Crippen LogP contribution >= 0.6 is 0 Å². The molecular weight excluding hydrogens is 985 g/mol. The van der Waals surface area contributed by atoms with Gasteiger partial charge in [-0.25, -0.2) is 9.97 Å². The number of nitrogens with zero attached hydrogens (tertiary/aromatic N) is 2. The van der Waals surface area contributed by atoms with E-state index >= 15 is 0 Å². The Kier molecular flexibility index (Phi) is 12.7. The van der Waals surface area contributed by atoms with Gasteiger partial charge in [-0.05, 0) is 115 Å². The van der Waals surface area contributed by atoms with Gasteiger partial charge in [0.2, 0.25) is 0 Å². The van der Waals surface area contributed by atoms with Crippen LogP contribution in [0.15, 0.2) is 218 Å². The number of fused-ring (bicyclic) bond motifs is 8. The molecule has 11 aromatic rings. The van der Waals surface area contributed by atoms with Crippen LogP contribution in [0.3, 0.4) is 0 Å². The minimum Gasteiger partial charge on any atom is -0.354 e. The summed E-state index contributed by atoms with van der Waals surface area (Å²) in [4.78, 5) is 64.8. The van der Waals surface area contributed by atoms with Crippen molar-refractivity contribution in [2.24, 2.45) is 0 Å². The van der Waals surface area contributed by atoms with Crippen LogP contribution in [0.2, 0.25) is 0 Å². The highest BCUT2D eigenvalue weighted by atomic mass is 16.1. The van der Waals surface area contributed by atoms with Crippen LogP contribution in [-0.2, 0) is 0 Å². The maximum atomic E-state index is 11.5. The number of hydrogen-bond donors (Lipinski definition) is 2. The second-order valence-corrected chi connectivity index (χ2v) is 19.8. The zero-order valence-electron chi connectivity index (χ0n) is 42.9. The summed E-state index contributed by atoms with van der Waals surface area (Å²) in [6.07, 6.45) is 11.8. The number of benzene rings is 8. The first-order valence-corrected chi connectivity index (χ1v) is 26.2. The van der Waals surface area contributed by atoms with Crippen molar-refractivity contribution in [3.05, 3.63) is 263 Å². The summed E-state index contributed by atoms with van der Waals surface area (Å²) in [7, 11) is 0. The van der Waals surface area contributed by atoms with Crippen molar-refractivity contribution in [2.45, 2.75) is 0 Å². The summed E-state index contributed by atoms with van der Waals surface area (Å²) < 4.78 is 0. The zero-order valence-corrected chi connectivity index (χ0v) is 42.9. The van der Waals surface area contributed by atoms with Gasteiger partial charge < -0.3 is 9.97 Å². The number of carbonyl (C=O) groups is 4. The molecule has 0 radical (unpaired) electrons. The second-order valence-electron chi connectivity index (χ2n) is 19.8. The molecule has 80 heavy (non-hydrogen) atoms. The van der Waals surface area contributed by atoms with Crippen molar-refractivity contribution >= 4 is 71.5 Å². The molecule has 0 spiro atoms. The Morgan fingerprint density at radius 1 is 0.212 bits per heavy atom. The number of carbonyl (C=O) groups excluding carboxylic acids is 4. The van der Waals surface area contributed by atoms with E-state index < -0.39 is 0 Å². The first kappa shape index (κ1) is 48.7. The molecule has 0 fully saturated rings. The van der Waals surface area contributed by atoms with E-state index in [4.69, 9.17) is 9.97 Å². The lowest BCUT2D eigenvalue weighted by atomic mass is 9.98. The molecule has 8 heteroatoms. The highest BCUT2D eigenvalue weighted by molar-refractivity contribution is 6.00. The minimum absolute atomic E-state index is 0.621. The number of rotatable bonds is 12. The Hall–Kier alpha value is -11.0. The lowest BCUT2D eigenvalue weighted by Crippen LogP contribution is -1.90. The molecule has 0 aliphatic carbocycles. The normalized spacial score (nSPS) is 11.6. The quantitative estimate of drug-likeness (QED) is 0.117. The Labute approximate surface area is 460 Å². The van der Waals surface area contributed by atoms with Crippen LogP contribution in [0.1, 0.15) is 64.2 Å². The molecule has 378 valence electrons. The molecule has 0 saturated heterocycles. The largest absolute Gasteiger partial charge is 0.354 e. The SMILES string of the molecule is O=Cc1ccc(-c2ccc(-c3c4nc(c(-c5ccc(-c6ccc(C=O)cc6)cc5)c5ccc([nH]5)c(-c5ccc(-c6ccc(C=O)cc6)cc5)c5nc(c(-c6ccc(-c7ccc(C=O)cc7)cc6)c6ccc3[nH]6)C=C5)C=C4)cc2)cc1. The number of H-pyrrole nitrogens is 2. The summed E-state index contributed by atoms with van der Waals surface area (Å²) >= 11 is 0. The Bertz CT molecular complexity index is 3880. The molecule has 3 aromatic heterocycles. The molecule has 13 rings (SSSR count). The highest BCUT2D eigenvalue weighted by Gasteiger charge is 2.20. The lowest BCUT2D eigenvalue weighted by Gasteiger charge is -2.09. The van der Waals surface area contributed by atoms with Crippen molar-refractivity contribution in [3.8, 4) is 89.0 Å². The summed E-state index contributed by atoms with van der Waals surface area (Å²) in [5.74, 6) is 0. The van der Waals surface area contributed by atoms with E-state index in [0.29, 0.717) is 22.3 Å². The van der Waals surface area contributed by atoms with Crippen molar-refractivity contribution < 1.29 is 19.2 Å². The first-order valence-electron chi connectivity index (χ1n) is 26.2. The number of aldehydes is 4. The third-order valence-corrected chi connectivity index (χ3v) is 15.0. The Balaban J connectivity index is 1.06. The van der Waals surface area contributed by atoms with Crippen LogP contribution in [0, 0.1) is 0 Å². The summed E-state index contributed by atoms with van der Waals surface area (Å²) in [5, 5.41) is 0. The number of aromatic nitrogens is 4. The van der Waals surface area contributed by atoms with E-state index in [1.165, 1.54) is 0 Å². The standard InChI is InChI=1S/C72H46N4O4/c77-41-45-1-9-49(10-2-45)53-17-25-57(26-18-53)69-61-33-35-63(73-61)70(58-27-19-54(20-28-58)50-11-3-46(42-78)4-12-50)65-37-39-67(75-65)72(60-31-23-56(24-32-60)52-15-7-48(44-80)8-16-52)68-40-38-66(76-68)71(64-36-34-62(69)74-64)59-29-21-55(22-30-59)51-13-5-47(43-79)6-14-51/h1-44,73,76H. The summed E-state index contributed by atoms with van der Waals surface area (Å²) in [6.45, 7) is 0. The van der Waals surface area contributed by atoms with Gasteiger partial charge in [-0.15, -0.1) is 0 Å². The first-order chi connectivity index (χ1) is 39.4. The average molecular weight is 1030 g/mol. The maximum Gasteiger partial charge on any atom is 0.150 e. The molecule has 0 unspecified atom stereocenters. The van der Waals surface area contributed by atoms with E-state index in [1.807, 2.05) is 97.1 Å². The molecule has 8 bridgehead atoms. The number of nitrogens with one attached hydrogen (secondary N) is 2. The molecule has 0 saturated carbocycles. The van der Waals surface area contributed by atoms with Gasteiger partial charge in [-0.2, -0.15) is 0 Å². The van der Waals surface area contributed by atoms with Crippen LogP contribution in [0.4, 0.5) is 0 Å². The van der Waals surface area contributed by atoms with Crippen molar-refractivity contribution in [3.63, 3.8) is 0 Å². The van der Waals surface area contributed by atoms with Crippen molar-refractivity contribution in [1.29, 1.82) is 0 Å². The van der Waals surface area contributed by atoms with Crippen LogP contribution in [0.5, 0.6) is 0 Å². The van der Waals surface area contributed by atoms with Gasteiger partial charge in [0.25, 0.3) is 0 Å². The van der Waals surface area contributed by atoms with Gasteiger partial charge in [-0.1, -0.05) is 194 Å². The van der Waals surface area contributed by atoms with E-state index in [-0.39, 0.29) is 0 Å². The van der Waals surface area contributed by atoms with E-state index in [9.17, 15) is 19.2 Å². The van der Waals surface area contributed by atoms with Crippen LogP contribution in [0.25, 0.3) is 135 Å². The molecule has 8 aromatic carbocycles. The molecule has 0 atom stereocenters. The van der Waals surface area contributed by atoms with Crippen LogP contribution < -0.4 is 0 Å². The van der Waals surface area contributed by atoms with Crippen molar-refractivity contribution in [1.82, 2.24) is 19.9 Å². The van der Waals surface area contributed by atoms with Crippen LogP contribution in [-0.4, -0.2) is 45.1 Å². The second kappa shape index (κ2) is 20.9. The smallest absolute Gasteiger partial charge is 0.150 e. The predicted molar refractivity (Wildman–Crippen MR) is 324 cm³/mol. The molecule has 2 aliphatic heterocycles. The van der Waals surface area contributed by atoms with E-state index in [0.717, 1.165) is 159 Å². The lowest BCUT2D eigenvalue weighted by molar-refractivity contribution is 0.111. The molecule has 2 N–H and O–H groups in total. The third kappa shape index (κ3) is 9.33. The highest BCUT2D eigenvalue weighted by Crippen LogP contribution is 2.40. The fourth-order valence-corrected chi connectivity index (χ4v) is 10.8. The van der Waals surface area contributed by atoms with Gasteiger partial charge in [0.05, 0.1) is 22.8 Å². The zero-order chi connectivity index (χ0) is 54.1. The molecular formula is C72H46N4O4. The van der Waals surface area contributed by atoms with Gasteiger partial charge in [-0.3, -0.25) is 19.2 Å². The Morgan fingerprint density at radius 3 is 0.550 bits per heavy atom. The topological polar surface area (TPSA) is 126 Å². The summed E-state index contributed by atoms with van der Waals surface area (Å²) in [6, 6.07) is 72.6. The molecule has 5 heterocycles.